The van der Waals surface area contributed by atoms with Crippen LogP contribution in [0.4, 0.5) is 0 Å². The van der Waals surface area contributed by atoms with Crippen LogP contribution in [0, 0.1) is 0 Å². The predicted molar refractivity (Wildman–Crippen MR) is 87.2 cm³/mol. The van der Waals surface area contributed by atoms with Crippen LogP contribution in [0.2, 0.25) is 0 Å². The summed E-state index contributed by atoms with van der Waals surface area (Å²) in [6.07, 6.45) is 20.2. The third-order valence-corrected chi connectivity index (χ3v) is 3.99. The fourth-order valence-corrected chi connectivity index (χ4v) is 2.65. The van der Waals surface area contributed by atoms with Gasteiger partial charge in [-0.25, -0.2) is 0 Å². The molecule has 0 saturated carbocycles. The van der Waals surface area contributed by atoms with Gasteiger partial charge in [0.05, 0.1) is 0 Å². The minimum atomic E-state index is -0.653. The van der Waals surface area contributed by atoms with Crippen LogP contribution in [-0.4, -0.2) is 11.1 Å². The summed E-state index contributed by atoms with van der Waals surface area (Å²) in [7, 11) is 0. The number of unbranched alkanes of at least 4 members (excludes halogenated alkanes) is 14. The van der Waals surface area contributed by atoms with E-state index in [1.165, 1.54) is 83.5 Å². The van der Waals surface area contributed by atoms with E-state index in [0.717, 1.165) is 12.8 Å². The second-order valence-electron chi connectivity index (χ2n) is 6.09. The van der Waals surface area contributed by atoms with Crippen LogP contribution in [0.15, 0.2) is 0 Å². The molecule has 0 aromatic rings. The van der Waals surface area contributed by atoms with Gasteiger partial charge in [-0.05, 0) is 6.42 Å². The zero-order chi connectivity index (χ0) is 14.9. The molecule has 0 aliphatic rings. The molecule has 0 radical (unpaired) electrons. The molecule has 2 nitrogen and oxygen atoms in total. The molecule has 3 heteroatoms. The molecule has 0 heterocycles. The molecule has 124 valence electrons. The molecule has 0 amide bonds. The number of rotatable bonds is 16. The van der Waals surface area contributed by atoms with Crippen molar-refractivity contribution in [3.63, 3.8) is 0 Å². The van der Waals surface area contributed by atoms with E-state index in [0.29, 0.717) is 6.42 Å². The van der Waals surface area contributed by atoms with Crippen molar-refractivity contribution in [2.45, 2.75) is 110 Å². The molecule has 0 aromatic heterocycles. The summed E-state index contributed by atoms with van der Waals surface area (Å²) < 4.78 is 0. The van der Waals surface area contributed by atoms with Crippen LogP contribution < -0.4 is 0 Å². The molecular formula is C18H36O2Zr. The van der Waals surface area contributed by atoms with E-state index in [4.69, 9.17) is 5.11 Å². The van der Waals surface area contributed by atoms with Crippen LogP contribution in [0.1, 0.15) is 110 Å². The third-order valence-electron chi connectivity index (χ3n) is 3.99. The Kier molecular flexibility index (Phi) is 22.9. The van der Waals surface area contributed by atoms with E-state index in [1.54, 1.807) is 0 Å². The Bertz CT molecular complexity index is 207. The minimum Gasteiger partial charge on any atom is -0.481 e. The standard InChI is InChI=1S/C18H36O2.Zr/c1-2-3-4-5-6-7-8-9-10-11-12-13-14-15-16-17-18(19)20;/h2-17H2,1H3,(H,19,20);. The Labute approximate surface area is 151 Å². The third kappa shape index (κ3) is 22.8. The summed E-state index contributed by atoms with van der Waals surface area (Å²) in [6, 6.07) is 0. The fourth-order valence-electron chi connectivity index (χ4n) is 2.65. The molecule has 0 aliphatic heterocycles. The Hall–Kier alpha value is 0.353. The van der Waals surface area contributed by atoms with E-state index in [9.17, 15) is 4.79 Å². The van der Waals surface area contributed by atoms with Crippen molar-refractivity contribution in [1.29, 1.82) is 0 Å². The first-order chi connectivity index (χ1) is 9.77. The molecule has 0 saturated heterocycles. The normalized spacial score (nSPS) is 10.3. The average Bonchev–Trinajstić information content (AvgIpc) is 2.43. The van der Waals surface area contributed by atoms with Gasteiger partial charge in [-0.1, -0.05) is 96.8 Å². The van der Waals surface area contributed by atoms with Crippen molar-refractivity contribution in [1.82, 2.24) is 0 Å². The largest absolute Gasteiger partial charge is 0.481 e. The van der Waals surface area contributed by atoms with Crippen LogP contribution in [0.5, 0.6) is 0 Å². The molecule has 0 unspecified atom stereocenters. The molecule has 0 aliphatic carbocycles. The zero-order valence-corrected chi connectivity index (χ0v) is 16.6. The fraction of sp³-hybridized carbons (Fsp3) is 0.944. The SMILES string of the molecule is CCCCCCCCCCCCCCCCCC(=O)O.[Zr]. The quantitative estimate of drug-likeness (QED) is 0.320. The summed E-state index contributed by atoms with van der Waals surface area (Å²) in [5, 5.41) is 8.52. The van der Waals surface area contributed by atoms with Gasteiger partial charge in [-0.2, -0.15) is 0 Å². The maximum absolute atomic E-state index is 10.3. The van der Waals surface area contributed by atoms with Crippen LogP contribution in [0.25, 0.3) is 0 Å². The first-order valence-corrected chi connectivity index (χ1v) is 8.99. The van der Waals surface area contributed by atoms with Gasteiger partial charge < -0.3 is 5.11 Å². The summed E-state index contributed by atoms with van der Waals surface area (Å²) >= 11 is 0. The van der Waals surface area contributed by atoms with E-state index >= 15 is 0 Å². The minimum absolute atomic E-state index is 0. The summed E-state index contributed by atoms with van der Waals surface area (Å²) in [4.78, 5) is 10.3. The molecule has 0 aromatic carbocycles. The van der Waals surface area contributed by atoms with Gasteiger partial charge in [0.2, 0.25) is 0 Å². The Morgan fingerprint density at radius 1 is 0.619 bits per heavy atom. The van der Waals surface area contributed by atoms with E-state index in [-0.39, 0.29) is 26.2 Å². The second-order valence-corrected chi connectivity index (χ2v) is 6.09. The second kappa shape index (κ2) is 20.4. The molecule has 1 N–H and O–H groups in total. The van der Waals surface area contributed by atoms with Gasteiger partial charge in [-0.3, -0.25) is 4.79 Å². The Morgan fingerprint density at radius 3 is 1.19 bits per heavy atom. The number of hydrogen-bond acceptors (Lipinski definition) is 1. The van der Waals surface area contributed by atoms with E-state index < -0.39 is 5.97 Å². The molecule has 21 heavy (non-hydrogen) atoms. The smallest absolute Gasteiger partial charge is 0.303 e. The van der Waals surface area contributed by atoms with Crippen molar-refractivity contribution in [2.24, 2.45) is 0 Å². The molecule has 0 fully saturated rings. The predicted octanol–water partition coefficient (Wildman–Crippen LogP) is 6.33. The summed E-state index contributed by atoms with van der Waals surface area (Å²) in [5.74, 6) is -0.653. The number of carboxylic acid groups (broad SMARTS) is 1. The molecule has 0 atom stereocenters. The number of hydrogen-bond donors (Lipinski definition) is 1. The van der Waals surface area contributed by atoms with E-state index in [1.807, 2.05) is 0 Å². The van der Waals surface area contributed by atoms with E-state index in [2.05, 4.69) is 6.92 Å². The summed E-state index contributed by atoms with van der Waals surface area (Å²) in [5.41, 5.74) is 0. The van der Waals surface area contributed by atoms with Crippen molar-refractivity contribution < 1.29 is 36.1 Å². The molecular weight excluding hydrogens is 339 g/mol. The maximum Gasteiger partial charge on any atom is 0.303 e. The average molecular weight is 376 g/mol. The van der Waals surface area contributed by atoms with Crippen molar-refractivity contribution in [3.8, 4) is 0 Å². The van der Waals surface area contributed by atoms with Crippen molar-refractivity contribution >= 4 is 5.97 Å². The zero-order valence-electron chi connectivity index (χ0n) is 14.2. The van der Waals surface area contributed by atoms with Gasteiger partial charge >= 0.3 is 5.97 Å². The van der Waals surface area contributed by atoms with Gasteiger partial charge in [0.15, 0.2) is 0 Å². The number of carbonyl (C=O) groups is 1. The first kappa shape index (κ1) is 23.6. The maximum atomic E-state index is 10.3. The van der Waals surface area contributed by atoms with Crippen LogP contribution in [0.3, 0.4) is 0 Å². The van der Waals surface area contributed by atoms with Crippen molar-refractivity contribution in [2.75, 3.05) is 0 Å². The van der Waals surface area contributed by atoms with Gasteiger partial charge in [0, 0.05) is 32.6 Å². The summed E-state index contributed by atoms with van der Waals surface area (Å²) in [6.45, 7) is 2.27. The number of carboxylic acids is 1. The van der Waals surface area contributed by atoms with Gasteiger partial charge in [0.1, 0.15) is 0 Å². The first-order valence-electron chi connectivity index (χ1n) is 8.99. The molecule has 0 spiro atoms. The number of aliphatic carboxylic acids is 1. The Morgan fingerprint density at radius 2 is 0.905 bits per heavy atom. The van der Waals surface area contributed by atoms with Crippen LogP contribution in [-0.2, 0) is 31.0 Å². The molecule has 0 bridgehead atoms. The topological polar surface area (TPSA) is 37.3 Å². The Balaban J connectivity index is 0. The monoisotopic (exact) mass is 374 g/mol. The van der Waals surface area contributed by atoms with Gasteiger partial charge in [0.25, 0.3) is 0 Å². The van der Waals surface area contributed by atoms with Gasteiger partial charge in [-0.15, -0.1) is 0 Å². The van der Waals surface area contributed by atoms with Crippen molar-refractivity contribution in [3.05, 3.63) is 0 Å². The van der Waals surface area contributed by atoms with Crippen LogP contribution >= 0.6 is 0 Å². The molecule has 0 rings (SSSR count).